The van der Waals surface area contributed by atoms with Crippen molar-refractivity contribution >= 4 is 0 Å². The van der Waals surface area contributed by atoms with E-state index in [-0.39, 0.29) is 6.10 Å². The van der Waals surface area contributed by atoms with Gasteiger partial charge in [0, 0.05) is 12.1 Å². The van der Waals surface area contributed by atoms with Crippen LogP contribution in [-0.4, -0.2) is 35.2 Å². The van der Waals surface area contributed by atoms with E-state index >= 15 is 0 Å². The molecule has 0 amide bonds. The molecule has 68 valence electrons. The molecule has 1 N–H and O–H groups in total. The maximum Gasteiger partial charge on any atom is 0.0673 e. The summed E-state index contributed by atoms with van der Waals surface area (Å²) in [6.45, 7) is 1.90. The third-order valence-corrected chi connectivity index (χ3v) is 3.30. The zero-order chi connectivity index (χ0) is 8.72. The second kappa shape index (κ2) is 2.86. The predicted molar refractivity (Wildman–Crippen MR) is 48.9 cm³/mol. The van der Waals surface area contributed by atoms with Crippen LogP contribution in [0, 0.1) is 5.92 Å². The molecule has 2 aliphatic heterocycles. The molecule has 1 saturated heterocycles. The molecule has 1 fully saturated rings. The van der Waals surface area contributed by atoms with E-state index in [9.17, 15) is 5.11 Å². The first-order chi connectivity index (χ1) is 5.70. The lowest BCUT2D eigenvalue weighted by molar-refractivity contribution is 0.00215. The topological polar surface area (TPSA) is 23.5 Å². The average molecular weight is 167 g/mol. The van der Waals surface area contributed by atoms with Crippen LogP contribution in [0.25, 0.3) is 0 Å². The fraction of sp³-hybridized carbons (Fsp3) is 0.800. The lowest BCUT2D eigenvalue weighted by atomic mass is 9.78. The van der Waals surface area contributed by atoms with Gasteiger partial charge < -0.3 is 5.11 Å². The third kappa shape index (κ3) is 1.10. The number of nitrogens with zero attached hydrogens (tertiary/aromatic N) is 1. The number of fused-ring (bicyclic) bond motifs is 2. The Morgan fingerprint density at radius 3 is 2.50 bits per heavy atom. The van der Waals surface area contributed by atoms with Gasteiger partial charge in [0.1, 0.15) is 0 Å². The van der Waals surface area contributed by atoms with Crippen LogP contribution in [0.5, 0.6) is 0 Å². The minimum atomic E-state index is -0.201. The van der Waals surface area contributed by atoms with E-state index in [1.807, 2.05) is 6.92 Å². The van der Waals surface area contributed by atoms with Crippen LogP contribution in [0.3, 0.4) is 0 Å². The second-order valence-electron chi connectivity index (χ2n) is 4.09. The molecule has 3 aliphatic rings. The molecule has 3 rings (SSSR count). The first-order valence-electron chi connectivity index (χ1n) is 4.78. The zero-order valence-corrected chi connectivity index (χ0v) is 7.77. The van der Waals surface area contributed by atoms with Crippen molar-refractivity contribution in [3.63, 3.8) is 0 Å². The summed E-state index contributed by atoms with van der Waals surface area (Å²) in [5.41, 5.74) is 0. The monoisotopic (exact) mass is 167 g/mol. The maximum atomic E-state index is 9.59. The second-order valence-corrected chi connectivity index (χ2v) is 4.09. The smallest absolute Gasteiger partial charge is 0.0673 e. The molecule has 12 heavy (non-hydrogen) atoms. The molecule has 0 spiro atoms. The third-order valence-electron chi connectivity index (χ3n) is 3.30. The molecular formula is C10H17NO. The van der Waals surface area contributed by atoms with Gasteiger partial charge in [0.2, 0.25) is 0 Å². The van der Waals surface area contributed by atoms with Crippen LogP contribution in [-0.2, 0) is 0 Å². The van der Waals surface area contributed by atoms with Gasteiger partial charge in [0.25, 0.3) is 0 Å². The molecule has 1 aliphatic carbocycles. The van der Waals surface area contributed by atoms with Gasteiger partial charge in [-0.3, -0.25) is 4.90 Å². The van der Waals surface area contributed by atoms with E-state index < -0.39 is 0 Å². The molecular weight excluding hydrogens is 150 g/mol. The van der Waals surface area contributed by atoms with Gasteiger partial charge in [-0.1, -0.05) is 12.2 Å². The lowest BCUT2D eigenvalue weighted by Crippen LogP contribution is -2.54. The van der Waals surface area contributed by atoms with Crippen LogP contribution in [0.15, 0.2) is 12.2 Å². The van der Waals surface area contributed by atoms with Gasteiger partial charge in [0.15, 0.2) is 0 Å². The molecule has 2 nitrogen and oxygen atoms in total. The van der Waals surface area contributed by atoms with Gasteiger partial charge >= 0.3 is 0 Å². The van der Waals surface area contributed by atoms with Gasteiger partial charge in [0.05, 0.1) is 6.10 Å². The number of likely N-dealkylation sites (N-methyl/N-ethyl adjacent to an activating group) is 1. The van der Waals surface area contributed by atoms with Crippen molar-refractivity contribution in [2.45, 2.75) is 38.0 Å². The van der Waals surface area contributed by atoms with E-state index in [2.05, 4.69) is 24.1 Å². The van der Waals surface area contributed by atoms with Gasteiger partial charge in [-0.15, -0.1) is 0 Å². The van der Waals surface area contributed by atoms with Crippen LogP contribution < -0.4 is 0 Å². The molecule has 4 unspecified atom stereocenters. The molecule has 0 aromatic rings. The zero-order valence-electron chi connectivity index (χ0n) is 7.77. The van der Waals surface area contributed by atoms with Gasteiger partial charge in [-0.25, -0.2) is 0 Å². The molecule has 0 aromatic heterocycles. The van der Waals surface area contributed by atoms with Gasteiger partial charge in [-0.05, 0) is 32.7 Å². The van der Waals surface area contributed by atoms with Crippen LogP contribution in [0.2, 0.25) is 0 Å². The van der Waals surface area contributed by atoms with E-state index in [1.54, 1.807) is 0 Å². The molecule has 2 heteroatoms. The quantitative estimate of drug-likeness (QED) is 0.589. The van der Waals surface area contributed by atoms with Crippen LogP contribution in [0.1, 0.15) is 19.8 Å². The standard InChI is InChI=1S/C10H17NO/c1-7(12)10-8-3-5-9(6-4-8)11(10)2/h3,5,7-10,12H,4,6H2,1-2H3. The largest absolute Gasteiger partial charge is 0.392 e. The minimum Gasteiger partial charge on any atom is -0.392 e. The summed E-state index contributed by atoms with van der Waals surface area (Å²) in [6.07, 6.45) is 6.88. The number of hydrogen-bond acceptors (Lipinski definition) is 2. The minimum absolute atomic E-state index is 0.201. The average Bonchev–Trinajstić information content (AvgIpc) is 2.05. The summed E-state index contributed by atoms with van der Waals surface area (Å²) < 4.78 is 0. The van der Waals surface area contributed by atoms with E-state index in [1.165, 1.54) is 12.8 Å². The van der Waals surface area contributed by atoms with Crippen molar-refractivity contribution in [1.29, 1.82) is 0 Å². The van der Waals surface area contributed by atoms with Crippen molar-refractivity contribution in [2.75, 3.05) is 7.05 Å². The number of aliphatic hydroxyl groups is 1. The summed E-state index contributed by atoms with van der Waals surface area (Å²) in [4.78, 5) is 2.32. The predicted octanol–water partition coefficient (Wildman–Crippen LogP) is 1.02. The summed E-state index contributed by atoms with van der Waals surface area (Å²) in [5.74, 6) is 0.583. The maximum absolute atomic E-state index is 9.59. The van der Waals surface area contributed by atoms with Crippen molar-refractivity contribution in [1.82, 2.24) is 4.90 Å². The van der Waals surface area contributed by atoms with Crippen molar-refractivity contribution in [2.24, 2.45) is 5.92 Å². The summed E-state index contributed by atoms with van der Waals surface area (Å²) in [6, 6.07) is 0.934. The van der Waals surface area contributed by atoms with E-state index in [4.69, 9.17) is 0 Å². The highest BCUT2D eigenvalue weighted by molar-refractivity contribution is 5.12. The van der Waals surface area contributed by atoms with Crippen molar-refractivity contribution in [3.8, 4) is 0 Å². The highest BCUT2D eigenvalue weighted by Gasteiger charge is 2.38. The Bertz CT molecular complexity index is 200. The highest BCUT2D eigenvalue weighted by Crippen LogP contribution is 2.34. The number of rotatable bonds is 1. The van der Waals surface area contributed by atoms with E-state index in [0.717, 1.165) is 0 Å². The fourth-order valence-electron chi connectivity index (χ4n) is 2.67. The number of hydrogen-bond donors (Lipinski definition) is 1. The first-order valence-corrected chi connectivity index (χ1v) is 4.78. The number of aliphatic hydroxyl groups excluding tert-OH is 1. The molecule has 4 atom stereocenters. The Morgan fingerprint density at radius 2 is 2.17 bits per heavy atom. The summed E-state index contributed by atoms with van der Waals surface area (Å²) in [5, 5.41) is 9.59. The molecule has 0 aromatic carbocycles. The Kier molecular flexibility index (Phi) is 1.97. The van der Waals surface area contributed by atoms with Crippen molar-refractivity contribution < 1.29 is 5.11 Å². The first kappa shape index (κ1) is 8.27. The SMILES string of the molecule is CC(O)C1C2C=CC(CC2)N1C. The molecule has 0 saturated carbocycles. The lowest BCUT2D eigenvalue weighted by Gasteiger charge is -2.47. The Balaban J connectivity index is 2.21. The fourth-order valence-corrected chi connectivity index (χ4v) is 2.67. The Hall–Kier alpha value is -0.340. The highest BCUT2D eigenvalue weighted by atomic mass is 16.3. The van der Waals surface area contributed by atoms with Gasteiger partial charge in [-0.2, -0.15) is 0 Å². The van der Waals surface area contributed by atoms with Crippen molar-refractivity contribution in [3.05, 3.63) is 12.2 Å². The normalized spacial score (nSPS) is 43.4. The molecule has 2 bridgehead atoms. The molecule has 0 radical (unpaired) electrons. The van der Waals surface area contributed by atoms with E-state index in [0.29, 0.717) is 18.0 Å². The van der Waals surface area contributed by atoms with Crippen LogP contribution in [0.4, 0.5) is 0 Å². The number of piperidine rings is 1. The summed E-state index contributed by atoms with van der Waals surface area (Å²) in [7, 11) is 2.12. The molecule has 2 heterocycles. The Labute approximate surface area is 73.9 Å². The van der Waals surface area contributed by atoms with Crippen LogP contribution >= 0.6 is 0 Å². The summed E-state index contributed by atoms with van der Waals surface area (Å²) >= 11 is 0. The Morgan fingerprint density at radius 1 is 1.42 bits per heavy atom.